The van der Waals surface area contributed by atoms with Gasteiger partial charge < -0.3 is 26.4 Å². The minimum atomic E-state index is -1.07. The molecule has 10 heteroatoms. The van der Waals surface area contributed by atoms with Gasteiger partial charge in [0.25, 0.3) is 0 Å². The number of hydrogen-bond donors (Lipinski definition) is 3. The summed E-state index contributed by atoms with van der Waals surface area (Å²) in [6.45, 7) is 3.63. The van der Waals surface area contributed by atoms with Gasteiger partial charge in [0.1, 0.15) is 17.0 Å². The molecule has 0 aliphatic carbocycles. The fourth-order valence-electron chi connectivity index (χ4n) is 4.71. The van der Waals surface area contributed by atoms with Crippen LogP contribution in [0.15, 0.2) is 28.3 Å². The number of anilines is 3. The van der Waals surface area contributed by atoms with E-state index < -0.39 is 6.17 Å². The van der Waals surface area contributed by atoms with E-state index in [1.807, 2.05) is 6.07 Å². The van der Waals surface area contributed by atoms with E-state index >= 15 is 0 Å². The molecule has 0 amide bonds. The first-order valence-corrected chi connectivity index (χ1v) is 11.8. The van der Waals surface area contributed by atoms with E-state index in [2.05, 4.69) is 20.2 Å². The molecule has 0 bridgehead atoms. The number of rotatable bonds is 3. The second-order valence-corrected chi connectivity index (χ2v) is 9.95. The number of alkyl halides is 1. The molecule has 2 unspecified atom stereocenters. The summed E-state index contributed by atoms with van der Waals surface area (Å²) in [7, 11) is 0. The number of aromatic nitrogens is 2. The predicted octanol–water partition coefficient (Wildman–Crippen LogP) is 3.63. The number of hydrogen-bond acceptors (Lipinski definition) is 8. The number of halogens is 2. The maximum Gasteiger partial charge on any atom is 0.158 e. The second kappa shape index (κ2) is 8.27. The maximum atomic E-state index is 14.7. The van der Waals surface area contributed by atoms with Crippen molar-refractivity contribution in [3.05, 3.63) is 28.9 Å². The largest absolute Gasteiger partial charge is 0.383 e. The Hall–Kier alpha value is -1.81. The summed E-state index contributed by atoms with van der Waals surface area (Å²) in [4.78, 5) is 12.1. The fraction of sp³-hybridized carbons (Fsp3) is 0.524. The molecule has 31 heavy (non-hydrogen) atoms. The standard InChI is InChI=1S/C21H26ClFN6OS/c22-12-1-2-14(17-13(23)3-6-26-18(12)17)31-20-19(25)28-16(9-27-20)29-7-4-21(5-8-29)11-30-10-15(21)24/h1-2,9,13,15,26H,3-8,10-11,24H2,(H2,25,28). The number of ether oxygens (including phenoxy) is 1. The van der Waals surface area contributed by atoms with Crippen LogP contribution >= 0.6 is 23.4 Å². The van der Waals surface area contributed by atoms with Crippen LogP contribution in [0.1, 0.15) is 31.0 Å². The number of nitrogens with one attached hydrogen (secondary N) is 1. The third-order valence-corrected chi connectivity index (χ3v) is 8.08. The molecule has 3 aliphatic rings. The third-order valence-electron chi connectivity index (χ3n) is 6.68. The van der Waals surface area contributed by atoms with Crippen molar-refractivity contribution in [1.82, 2.24) is 9.97 Å². The zero-order valence-electron chi connectivity index (χ0n) is 17.1. The molecule has 1 aromatic heterocycles. The zero-order chi connectivity index (χ0) is 21.6. The van der Waals surface area contributed by atoms with Gasteiger partial charge in [0.2, 0.25) is 0 Å². The molecule has 4 heterocycles. The highest BCUT2D eigenvalue weighted by molar-refractivity contribution is 7.99. The topological polar surface area (TPSA) is 102 Å². The van der Waals surface area contributed by atoms with Crippen molar-refractivity contribution < 1.29 is 9.13 Å². The van der Waals surface area contributed by atoms with Gasteiger partial charge in [-0.15, -0.1) is 0 Å². The molecule has 5 N–H and O–H groups in total. The molecular formula is C21H26ClFN6OS. The van der Waals surface area contributed by atoms with Gasteiger partial charge in [-0.3, -0.25) is 0 Å². The Morgan fingerprint density at radius 1 is 1.32 bits per heavy atom. The first kappa shape index (κ1) is 21.1. The molecule has 2 aromatic rings. The van der Waals surface area contributed by atoms with Gasteiger partial charge in [0, 0.05) is 48.0 Å². The predicted molar refractivity (Wildman–Crippen MR) is 122 cm³/mol. The van der Waals surface area contributed by atoms with E-state index in [9.17, 15) is 4.39 Å². The van der Waals surface area contributed by atoms with Gasteiger partial charge >= 0.3 is 0 Å². The van der Waals surface area contributed by atoms with Crippen molar-refractivity contribution in [2.75, 3.05) is 48.8 Å². The molecule has 0 saturated carbocycles. The summed E-state index contributed by atoms with van der Waals surface area (Å²) < 4.78 is 20.3. The van der Waals surface area contributed by atoms with Crippen LogP contribution in [0.4, 0.5) is 21.7 Å². The Kier molecular flexibility index (Phi) is 5.62. The number of nitrogens with zero attached hydrogens (tertiary/aromatic N) is 3. The van der Waals surface area contributed by atoms with E-state index in [0.29, 0.717) is 46.7 Å². The van der Waals surface area contributed by atoms with Gasteiger partial charge in [0.15, 0.2) is 5.82 Å². The molecule has 2 saturated heterocycles. The average molecular weight is 465 g/mol. The molecule has 3 aliphatic heterocycles. The van der Waals surface area contributed by atoms with Crippen molar-refractivity contribution in [1.29, 1.82) is 0 Å². The lowest BCUT2D eigenvalue weighted by Gasteiger charge is -2.41. The van der Waals surface area contributed by atoms with Crippen LogP contribution in [0.2, 0.25) is 5.02 Å². The number of fused-ring (bicyclic) bond motifs is 1. The summed E-state index contributed by atoms with van der Waals surface area (Å²) >= 11 is 7.59. The van der Waals surface area contributed by atoms with Crippen LogP contribution in [0.25, 0.3) is 0 Å². The molecule has 5 rings (SSSR count). The summed E-state index contributed by atoms with van der Waals surface area (Å²) in [5.41, 5.74) is 13.8. The second-order valence-electron chi connectivity index (χ2n) is 8.51. The van der Waals surface area contributed by atoms with Gasteiger partial charge in [-0.25, -0.2) is 14.4 Å². The Labute approximate surface area is 190 Å². The average Bonchev–Trinajstić information content (AvgIpc) is 3.12. The summed E-state index contributed by atoms with van der Waals surface area (Å²) in [6.07, 6.45) is 3.02. The Balaban J connectivity index is 1.33. The van der Waals surface area contributed by atoms with Crippen molar-refractivity contribution in [3.8, 4) is 0 Å². The Bertz CT molecular complexity index is 987. The number of piperidine rings is 1. The molecule has 7 nitrogen and oxygen atoms in total. The Morgan fingerprint density at radius 2 is 2.13 bits per heavy atom. The molecule has 166 valence electrons. The lowest BCUT2D eigenvalue weighted by atomic mass is 9.75. The molecule has 2 atom stereocenters. The minimum absolute atomic E-state index is 0.0792. The number of nitrogen functional groups attached to an aromatic ring is 1. The first-order chi connectivity index (χ1) is 15.0. The maximum absolute atomic E-state index is 14.7. The molecule has 0 radical (unpaired) electrons. The highest BCUT2D eigenvalue weighted by Crippen LogP contribution is 2.45. The molecule has 1 spiro atoms. The van der Waals surface area contributed by atoms with Gasteiger partial charge in [-0.2, -0.15) is 0 Å². The Morgan fingerprint density at radius 3 is 2.84 bits per heavy atom. The van der Waals surface area contributed by atoms with E-state index in [4.69, 9.17) is 27.8 Å². The van der Waals surface area contributed by atoms with Crippen molar-refractivity contribution in [2.24, 2.45) is 11.1 Å². The number of benzene rings is 1. The van der Waals surface area contributed by atoms with Crippen molar-refractivity contribution in [3.63, 3.8) is 0 Å². The summed E-state index contributed by atoms with van der Waals surface area (Å²) in [6, 6.07) is 3.69. The smallest absolute Gasteiger partial charge is 0.158 e. The third kappa shape index (κ3) is 3.82. The van der Waals surface area contributed by atoms with Gasteiger partial charge in [0.05, 0.1) is 30.1 Å². The van der Waals surface area contributed by atoms with E-state index in [-0.39, 0.29) is 11.5 Å². The molecule has 1 aromatic carbocycles. The zero-order valence-corrected chi connectivity index (χ0v) is 18.7. The summed E-state index contributed by atoms with van der Waals surface area (Å²) in [5, 5.41) is 4.28. The van der Waals surface area contributed by atoms with Gasteiger partial charge in [-0.1, -0.05) is 23.4 Å². The molecular weight excluding hydrogens is 439 g/mol. The quantitative estimate of drug-likeness (QED) is 0.632. The van der Waals surface area contributed by atoms with E-state index in [0.717, 1.165) is 43.3 Å². The first-order valence-electron chi connectivity index (χ1n) is 10.6. The number of nitrogens with two attached hydrogens (primary N) is 2. The van der Waals surface area contributed by atoms with Crippen LogP contribution in [0, 0.1) is 5.41 Å². The highest BCUT2D eigenvalue weighted by atomic mass is 35.5. The van der Waals surface area contributed by atoms with Crippen LogP contribution in [-0.2, 0) is 4.74 Å². The summed E-state index contributed by atoms with van der Waals surface area (Å²) in [5.74, 6) is 1.10. The molecule has 2 fully saturated rings. The fourth-order valence-corrected chi connectivity index (χ4v) is 5.88. The van der Waals surface area contributed by atoms with E-state index in [1.165, 1.54) is 11.8 Å². The highest BCUT2D eigenvalue weighted by Gasteiger charge is 2.44. The normalized spacial score (nSPS) is 24.8. The van der Waals surface area contributed by atoms with Crippen molar-refractivity contribution in [2.45, 2.75) is 41.4 Å². The van der Waals surface area contributed by atoms with Crippen LogP contribution in [0.5, 0.6) is 0 Å². The minimum Gasteiger partial charge on any atom is -0.383 e. The lowest BCUT2D eigenvalue weighted by molar-refractivity contribution is 0.131. The van der Waals surface area contributed by atoms with E-state index in [1.54, 1.807) is 12.3 Å². The monoisotopic (exact) mass is 464 g/mol. The van der Waals surface area contributed by atoms with Crippen LogP contribution in [-0.4, -0.2) is 48.9 Å². The lowest BCUT2D eigenvalue weighted by Crippen LogP contribution is -2.49. The van der Waals surface area contributed by atoms with Crippen LogP contribution < -0.4 is 21.7 Å². The van der Waals surface area contributed by atoms with Crippen molar-refractivity contribution >= 4 is 40.7 Å². The van der Waals surface area contributed by atoms with Gasteiger partial charge in [-0.05, 0) is 25.0 Å². The van der Waals surface area contributed by atoms with Crippen LogP contribution in [0.3, 0.4) is 0 Å². The SMILES string of the molecule is Nc1nc(N2CCC3(CC2)COCC3N)cnc1Sc1ccc(Cl)c2c1C(F)CCN2.